The Kier molecular flexibility index (Phi) is 4.55. The molecule has 3 heteroatoms. The summed E-state index contributed by atoms with van der Waals surface area (Å²) in [5, 5.41) is 9.14. The average molecular weight is 235 g/mol. The van der Waals surface area contributed by atoms with Gasteiger partial charge in [-0.25, -0.2) is 4.79 Å². The second kappa shape index (κ2) is 5.71. The number of carboxylic acid groups (broad SMARTS) is 1. The van der Waals surface area contributed by atoms with E-state index in [0.29, 0.717) is 0 Å². The molecule has 1 N–H and O–H groups in total. The zero-order chi connectivity index (χ0) is 13.0. The number of aliphatic carboxylic acids is 1. The van der Waals surface area contributed by atoms with Crippen molar-refractivity contribution in [1.29, 1.82) is 0 Å². The molecule has 0 spiro atoms. The molecule has 1 aromatic carbocycles. The Balaban J connectivity index is 3.08. The van der Waals surface area contributed by atoms with Crippen molar-refractivity contribution < 1.29 is 9.90 Å². The van der Waals surface area contributed by atoms with E-state index >= 15 is 0 Å². The molecule has 0 aliphatic rings. The lowest BCUT2D eigenvalue weighted by atomic mass is 10.1. The highest BCUT2D eigenvalue weighted by Crippen LogP contribution is 2.21. The van der Waals surface area contributed by atoms with Crippen molar-refractivity contribution in [2.75, 3.05) is 11.4 Å². The van der Waals surface area contributed by atoms with Crippen LogP contribution in [0.5, 0.6) is 0 Å². The van der Waals surface area contributed by atoms with Gasteiger partial charge in [-0.15, -0.1) is 0 Å². The highest BCUT2D eigenvalue weighted by Gasteiger charge is 2.20. The van der Waals surface area contributed by atoms with E-state index < -0.39 is 12.0 Å². The first-order chi connectivity index (χ1) is 7.95. The van der Waals surface area contributed by atoms with Crippen LogP contribution in [0.2, 0.25) is 0 Å². The summed E-state index contributed by atoms with van der Waals surface area (Å²) in [5.74, 6) is -0.780. The Hall–Kier alpha value is -1.51. The van der Waals surface area contributed by atoms with Crippen molar-refractivity contribution in [2.24, 2.45) is 0 Å². The molecule has 0 aromatic heterocycles. The van der Waals surface area contributed by atoms with Crippen molar-refractivity contribution in [2.45, 2.75) is 40.2 Å². The monoisotopic (exact) mass is 235 g/mol. The smallest absolute Gasteiger partial charge is 0.326 e. The van der Waals surface area contributed by atoms with Crippen LogP contribution in [-0.2, 0) is 4.79 Å². The van der Waals surface area contributed by atoms with Crippen molar-refractivity contribution >= 4 is 11.7 Å². The Morgan fingerprint density at radius 2 is 1.82 bits per heavy atom. The molecule has 3 nitrogen and oxygen atoms in total. The normalized spacial score (nSPS) is 12.2. The number of rotatable bonds is 5. The molecule has 0 aliphatic carbocycles. The molecule has 0 aliphatic heterocycles. The quantitative estimate of drug-likeness (QED) is 0.853. The van der Waals surface area contributed by atoms with Crippen LogP contribution in [0, 0.1) is 13.8 Å². The maximum absolute atomic E-state index is 11.1. The first kappa shape index (κ1) is 13.6. The maximum atomic E-state index is 11.1. The van der Waals surface area contributed by atoms with E-state index in [1.165, 1.54) is 11.1 Å². The first-order valence-electron chi connectivity index (χ1n) is 6.03. The van der Waals surface area contributed by atoms with Crippen LogP contribution in [0.1, 0.15) is 31.4 Å². The minimum atomic E-state index is -0.780. The molecule has 0 amide bonds. The van der Waals surface area contributed by atoms with Gasteiger partial charge in [-0.2, -0.15) is 0 Å². The standard InChI is InChI=1S/C14H21NO2/c1-5-6-15(12(4)14(16)17)13-8-10(2)7-11(3)9-13/h7-9,12H,5-6H2,1-4H3,(H,16,17)/t12-/m0/s1. The van der Waals surface area contributed by atoms with Crippen molar-refractivity contribution in [3.8, 4) is 0 Å². The second-order valence-electron chi connectivity index (χ2n) is 4.55. The van der Waals surface area contributed by atoms with Gasteiger partial charge in [0.25, 0.3) is 0 Å². The summed E-state index contributed by atoms with van der Waals surface area (Å²) in [4.78, 5) is 13.1. The van der Waals surface area contributed by atoms with E-state index in [1.54, 1.807) is 6.92 Å². The van der Waals surface area contributed by atoms with E-state index in [4.69, 9.17) is 5.11 Å². The molecule has 0 radical (unpaired) electrons. The van der Waals surface area contributed by atoms with Gasteiger partial charge >= 0.3 is 5.97 Å². The minimum Gasteiger partial charge on any atom is -0.480 e. The van der Waals surface area contributed by atoms with Gasteiger partial charge in [-0.05, 0) is 50.5 Å². The number of hydrogen-bond acceptors (Lipinski definition) is 2. The lowest BCUT2D eigenvalue weighted by molar-refractivity contribution is -0.138. The predicted octanol–water partition coefficient (Wildman–Crippen LogP) is 2.99. The molecule has 94 valence electrons. The van der Waals surface area contributed by atoms with Gasteiger partial charge in [0.05, 0.1) is 0 Å². The predicted molar refractivity (Wildman–Crippen MR) is 70.7 cm³/mol. The maximum Gasteiger partial charge on any atom is 0.326 e. The summed E-state index contributed by atoms with van der Waals surface area (Å²) in [6, 6.07) is 5.69. The topological polar surface area (TPSA) is 40.5 Å². The Bertz CT molecular complexity index is 381. The molecular weight excluding hydrogens is 214 g/mol. The van der Waals surface area contributed by atoms with E-state index in [9.17, 15) is 4.79 Å². The fraction of sp³-hybridized carbons (Fsp3) is 0.500. The van der Waals surface area contributed by atoms with Crippen molar-refractivity contribution in [1.82, 2.24) is 0 Å². The van der Waals surface area contributed by atoms with Crippen LogP contribution in [0.15, 0.2) is 18.2 Å². The number of carbonyl (C=O) groups is 1. The van der Waals surface area contributed by atoms with E-state index in [-0.39, 0.29) is 0 Å². The summed E-state index contributed by atoms with van der Waals surface area (Å²) in [6.45, 7) is 8.62. The van der Waals surface area contributed by atoms with Crippen LogP contribution in [0.25, 0.3) is 0 Å². The molecule has 17 heavy (non-hydrogen) atoms. The number of hydrogen-bond donors (Lipinski definition) is 1. The van der Waals surface area contributed by atoms with Crippen molar-refractivity contribution in [3.63, 3.8) is 0 Å². The van der Waals surface area contributed by atoms with Crippen LogP contribution in [0.3, 0.4) is 0 Å². The number of carboxylic acids is 1. The van der Waals surface area contributed by atoms with Gasteiger partial charge in [0.2, 0.25) is 0 Å². The summed E-state index contributed by atoms with van der Waals surface area (Å²) in [6.07, 6.45) is 0.935. The van der Waals surface area contributed by atoms with Gasteiger partial charge in [0, 0.05) is 12.2 Å². The molecule has 1 rings (SSSR count). The molecule has 1 aromatic rings. The first-order valence-corrected chi connectivity index (χ1v) is 6.03. The fourth-order valence-corrected chi connectivity index (χ4v) is 2.04. The van der Waals surface area contributed by atoms with Gasteiger partial charge in [0.1, 0.15) is 6.04 Å². The van der Waals surface area contributed by atoms with Crippen LogP contribution in [-0.4, -0.2) is 23.7 Å². The second-order valence-corrected chi connectivity index (χ2v) is 4.55. The number of aryl methyl sites for hydroxylation is 2. The third kappa shape index (κ3) is 3.48. The number of nitrogens with zero attached hydrogens (tertiary/aromatic N) is 1. The van der Waals surface area contributed by atoms with Crippen LogP contribution in [0.4, 0.5) is 5.69 Å². The molecule has 1 atom stereocenters. The minimum absolute atomic E-state index is 0.490. The van der Waals surface area contributed by atoms with E-state index in [1.807, 2.05) is 30.9 Å². The summed E-state index contributed by atoms with van der Waals surface area (Å²) >= 11 is 0. The van der Waals surface area contributed by atoms with Gasteiger partial charge in [-0.3, -0.25) is 0 Å². The third-order valence-electron chi connectivity index (χ3n) is 2.83. The Morgan fingerprint density at radius 3 is 2.24 bits per heavy atom. The van der Waals surface area contributed by atoms with E-state index in [2.05, 4.69) is 13.0 Å². The molecule has 0 heterocycles. The summed E-state index contributed by atoms with van der Waals surface area (Å²) in [7, 11) is 0. The summed E-state index contributed by atoms with van der Waals surface area (Å²) < 4.78 is 0. The highest BCUT2D eigenvalue weighted by molar-refractivity contribution is 5.77. The molecular formula is C14H21NO2. The molecule has 0 fully saturated rings. The molecule has 0 saturated heterocycles. The summed E-state index contributed by atoms with van der Waals surface area (Å²) in [5.41, 5.74) is 3.33. The fourth-order valence-electron chi connectivity index (χ4n) is 2.04. The number of anilines is 1. The molecule has 0 unspecified atom stereocenters. The molecule has 0 bridgehead atoms. The van der Waals surface area contributed by atoms with Gasteiger partial charge < -0.3 is 10.0 Å². The third-order valence-corrected chi connectivity index (χ3v) is 2.83. The zero-order valence-electron chi connectivity index (χ0n) is 11.0. The van der Waals surface area contributed by atoms with Gasteiger partial charge in [0.15, 0.2) is 0 Å². The highest BCUT2D eigenvalue weighted by atomic mass is 16.4. The lowest BCUT2D eigenvalue weighted by Crippen LogP contribution is -2.39. The van der Waals surface area contributed by atoms with Crippen molar-refractivity contribution in [3.05, 3.63) is 29.3 Å². The zero-order valence-corrected chi connectivity index (χ0v) is 11.0. The van der Waals surface area contributed by atoms with Crippen LogP contribution < -0.4 is 4.90 Å². The van der Waals surface area contributed by atoms with Crippen LogP contribution >= 0.6 is 0 Å². The molecule has 0 saturated carbocycles. The SMILES string of the molecule is CCCN(c1cc(C)cc(C)c1)[C@@H](C)C(=O)O. The average Bonchev–Trinajstić information content (AvgIpc) is 2.23. The Labute approximate surface area is 103 Å². The number of benzene rings is 1. The Morgan fingerprint density at radius 1 is 1.29 bits per heavy atom. The largest absolute Gasteiger partial charge is 0.480 e. The lowest BCUT2D eigenvalue weighted by Gasteiger charge is -2.29. The van der Waals surface area contributed by atoms with Gasteiger partial charge in [-0.1, -0.05) is 13.0 Å². The van der Waals surface area contributed by atoms with E-state index in [0.717, 1.165) is 18.7 Å².